The lowest BCUT2D eigenvalue weighted by atomic mass is 9.55. The van der Waals surface area contributed by atoms with Crippen molar-refractivity contribution in [1.82, 2.24) is 20.3 Å². The van der Waals surface area contributed by atoms with Crippen LogP contribution in [0.25, 0.3) is 0 Å². The number of piperazine rings is 1. The van der Waals surface area contributed by atoms with Crippen LogP contribution in [0.15, 0.2) is 21.8 Å². The molecule has 7 heteroatoms. The molecule has 0 bridgehead atoms. The Balaban J connectivity index is 1.32. The first-order valence-electron chi connectivity index (χ1n) is 9.81. The fourth-order valence-electron chi connectivity index (χ4n) is 4.92. The molecular weight excluding hydrogens is 330 g/mol. The summed E-state index contributed by atoms with van der Waals surface area (Å²) in [6.45, 7) is 10.4. The van der Waals surface area contributed by atoms with Crippen molar-refractivity contribution in [2.75, 3.05) is 39.8 Å². The van der Waals surface area contributed by atoms with Gasteiger partial charge in [0.05, 0.1) is 11.8 Å². The van der Waals surface area contributed by atoms with Crippen LogP contribution < -0.4 is 5.32 Å². The summed E-state index contributed by atoms with van der Waals surface area (Å²) in [6, 6.07) is 2.38. The normalized spacial score (nSPS) is 32.0. The van der Waals surface area contributed by atoms with Crippen LogP contribution in [-0.2, 0) is 11.3 Å². The van der Waals surface area contributed by atoms with Crippen molar-refractivity contribution in [2.24, 2.45) is 16.3 Å². The predicted octanol–water partition coefficient (Wildman–Crippen LogP) is 1.57. The Morgan fingerprint density at radius 2 is 2.15 bits per heavy atom. The van der Waals surface area contributed by atoms with Crippen LogP contribution in [0.4, 0.5) is 0 Å². The van der Waals surface area contributed by atoms with Gasteiger partial charge in [0.1, 0.15) is 6.26 Å². The summed E-state index contributed by atoms with van der Waals surface area (Å²) in [5, 5.41) is 7.79. The van der Waals surface area contributed by atoms with Gasteiger partial charge in [-0.05, 0) is 12.8 Å². The smallest absolute Gasteiger partial charge is 0.193 e. The monoisotopic (exact) mass is 361 g/mol. The highest BCUT2D eigenvalue weighted by Gasteiger charge is 2.58. The summed E-state index contributed by atoms with van der Waals surface area (Å²) < 4.78 is 11.0. The molecule has 3 heterocycles. The number of fused-ring (bicyclic) bond motifs is 1. The van der Waals surface area contributed by atoms with E-state index in [0.717, 1.165) is 51.0 Å². The molecule has 3 fully saturated rings. The molecule has 2 saturated heterocycles. The van der Waals surface area contributed by atoms with E-state index in [1.807, 2.05) is 13.1 Å². The summed E-state index contributed by atoms with van der Waals surface area (Å²) in [5.41, 5.74) is 1.16. The Morgan fingerprint density at radius 1 is 1.35 bits per heavy atom. The molecule has 1 aromatic heterocycles. The van der Waals surface area contributed by atoms with Crippen molar-refractivity contribution in [2.45, 2.75) is 45.4 Å². The van der Waals surface area contributed by atoms with Gasteiger partial charge in [-0.25, -0.2) is 0 Å². The van der Waals surface area contributed by atoms with Crippen LogP contribution in [0, 0.1) is 11.3 Å². The van der Waals surface area contributed by atoms with Gasteiger partial charge in [-0.2, -0.15) is 0 Å². The zero-order valence-electron chi connectivity index (χ0n) is 16.1. The minimum absolute atomic E-state index is 0.163. The lowest BCUT2D eigenvalue weighted by Gasteiger charge is -2.60. The van der Waals surface area contributed by atoms with Gasteiger partial charge in [-0.3, -0.25) is 9.89 Å². The third kappa shape index (κ3) is 3.22. The van der Waals surface area contributed by atoms with Crippen molar-refractivity contribution in [1.29, 1.82) is 0 Å². The van der Waals surface area contributed by atoms with Gasteiger partial charge in [0.15, 0.2) is 5.96 Å². The second-order valence-electron chi connectivity index (χ2n) is 8.34. The second kappa shape index (κ2) is 7.19. The van der Waals surface area contributed by atoms with E-state index in [0.29, 0.717) is 18.1 Å². The van der Waals surface area contributed by atoms with Crippen LogP contribution in [0.5, 0.6) is 0 Å². The molecule has 0 radical (unpaired) electrons. The number of nitrogens with one attached hydrogen (secondary N) is 1. The van der Waals surface area contributed by atoms with Crippen LogP contribution in [0.2, 0.25) is 0 Å². The number of ether oxygens (including phenoxy) is 1. The summed E-state index contributed by atoms with van der Waals surface area (Å²) in [7, 11) is 1.89. The first-order chi connectivity index (χ1) is 12.6. The number of hydrogen-bond donors (Lipinski definition) is 1. The fourth-order valence-corrected chi connectivity index (χ4v) is 4.92. The van der Waals surface area contributed by atoms with E-state index >= 15 is 0 Å². The Kier molecular flexibility index (Phi) is 4.92. The molecule has 0 amide bonds. The van der Waals surface area contributed by atoms with Crippen molar-refractivity contribution >= 4 is 5.96 Å². The van der Waals surface area contributed by atoms with Gasteiger partial charge >= 0.3 is 0 Å². The Bertz CT molecular complexity index is 622. The highest BCUT2D eigenvalue weighted by molar-refractivity contribution is 5.80. The molecule has 1 aromatic rings. The minimum atomic E-state index is 0.163. The Labute approximate surface area is 155 Å². The number of aliphatic imine (C=N–C) groups is 1. The lowest BCUT2D eigenvalue weighted by molar-refractivity contribution is -0.188. The van der Waals surface area contributed by atoms with Crippen molar-refractivity contribution < 1.29 is 9.26 Å². The van der Waals surface area contributed by atoms with E-state index in [9.17, 15) is 0 Å². The van der Waals surface area contributed by atoms with E-state index in [1.54, 1.807) is 6.26 Å². The zero-order valence-corrected chi connectivity index (χ0v) is 16.1. The van der Waals surface area contributed by atoms with E-state index in [4.69, 9.17) is 9.26 Å². The van der Waals surface area contributed by atoms with E-state index in [-0.39, 0.29) is 5.41 Å². The van der Waals surface area contributed by atoms with Gasteiger partial charge in [0, 0.05) is 69.8 Å². The zero-order chi connectivity index (χ0) is 18.1. The van der Waals surface area contributed by atoms with Crippen LogP contribution in [0.3, 0.4) is 0 Å². The SMILES string of the molecule is CN=C(NC1C2CCCOC2C1(C)C)N1CCN(Cc2ccon2)CC1. The number of hydrogen-bond acceptors (Lipinski definition) is 5. The molecule has 0 aromatic carbocycles. The molecule has 0 spiro atoms. The third-order valence-electron chi connectivity index (χ3n) is 6.38. The molecule has 26 heavy (non-hydrogen) atoms. The fraction of sp³-hybridized carbons (Fsp3) is 0.789. The number of guanidine groups is 1. The highest BCUT2D eigenvalue weighted by Crippen LogP contribution is 2.51. The molecule has 144 valence electrons. The van der Waals surface area contributed by atoms with Crippen molar-refractivity contribution in [3.63, 3.8) is 0 Å². The third-order valence-corrected chi connectivity index (χ3v) is 6.38. The molecule has 1 N–H and O–H groups in total. The quantitative estimate of drug-likeness (QED) is 0.651. The first-order valence-corrected chi connectivity index (χ1v) is 9.81. The van der Waals surface area contributed by atoms with Crippen LogP contribution in [0.1, 0.15) is 32.4 Å². The number of nitrogens with zero attached hydrogens (tertiary/aromatic N) is 4. The van der Waals surface area contributed by atoms with E-state index < -0.39 is 0 Å². The van der Waals surface area contributed by atoms with Gasteiger partial charge in [-0.1, -0.05) is 19.0 Å². The number of aromatic nitrogens is 1. The van der Waals surface area contributed by atoms with Gasteiger partial charge < -0.3 is 19.5 Å². The molecule has 4 rings (SSSR count). The molecule has 2 aliphatic heterocycles. The largest absolute Gasteiger partial charge is 0.377 e. The first kappa shape index (κ1) is 17.8. The summed E-state index contributed by atoms with van der Waals surface area (Å²) in [5.74, 6) is 1.65. The van der Waals surface area contributed by atoms with Crippen LogP contribution >= 0.6 is 0 Å². The maximum absolute atomic E-state index is 6.03. The van der Waals surface area contributed by atoms with E-state index in [1.165, 1.54) is 12.8 Å². The van der Waals surface area contributed by atoms with Gasteiger partial charge in [-0.15, -0.1) is 0 Å². The van der Waals surface area contributed by atoms with Gasteiger partial charge in [0.2, 0.25) is 0 Å². The van der Waals surface area contributed by atoms with E-state index in [2.05, 4.69) is 39.1 Å². The topological polar surface area (TPSA) is 66.1 Å². The highest BCUT2D eigenvalue weighted by atomic mass is 16.5. The maximum atomic E-state index is 6.03. The number of rotatable bonds is 3. The molecule has 3 aliphatic rings. The Hall–Kier alpha value is -1.60. The summed E-state index contributed by atoms with van der Waals surface area (Å²) in [6.07, 6.45) is 4.47. The average Bonchev–Trinajstić information content (AvgIpc) is 3.16. The average molecular weight is 361 g/mol. The lowest BCUT2D eigenvalue weighted by Crippen LogP contribution is -2.71. The molecule has 1 saturated carbocycles. The molecule has 1 aliphatic carbocycles. The predicted molar refractivity (Wildman–Crippen MR) is 99.9 cm³/mol. The summed E-state index contributed by atoms with van der Waals surface area (Å²) >= 11 is 0. The van der Waals surface area contributed by atoms with Crippen LogP contribution in [-0.4, -0.2) is 72.9 Å². The van der Waals surface area contributed by atoms with Crippen molar-refractivity contribution in [3.05, 3.63) is 18.0 Å². The second-order valence-corrected chi connectivity index (χ2v) is 8.34. The summed E-state index contributed by atoms with van der Waals surface area (Å²) in [4.78, 5) is 9.38. The molecule has 3 unspecified atom stereocenters. The van der Waals surface area contributed by atoms with Crippen molar-refractivity contribution in [3.8, 4) is 0 Å². The minimum Gasteiger partial charge on any atom is -0.377 e. The standard InChI is InChI=1S/C19H31N5O2/c1-19(2)16(15-5-4-11-25-17(15)19)21-18(20-3)24-9-7-23(8-10-24)13-14-6-12-26-22-14/h6,12,15-17H,4-5,7-11,13H2,1-3H3,(H,20,21). The Morgan fingerprint density at radius 3 is 2.85 bits per heavy atom. The molecular formula is C19H31N5O2. The molecule has 7 nitrogen and oxygen atoms in total. The molecule has 3 atom stereocenters. The maximum Gasteiger partial charge on any atom is 0.193 e. The van der Waals surface area contributed by atoms with Gasteiger partial charge in [0.25, 0.3) is 0 Å².